The summed E-state index contributed by atoms with van der Waals surface area (Å²) in [6.07, 6.45) is 3.16. The third-order valence-electron chi connectivity index (χ3n) is 2.71. The molecule has 0 saturated heterocycles. The van der Waals surface area contributed by atoms with Crippen molar-refractivity contribution in [2.45, 2.75) is 19.4 Å². The van der Waals surface area contributed by atoms with Gasteiger partial charge in [-0.1, -0.05) is 17.7 Å². The van der Waals surface area contributed by atoms with Crippen molar-refractivity contribution in [2.24, 2.45) is 5.73 Å². The Morgan fingerprint density at radius 3 is 3.00 bits per heavy atom. The number of H-pyrrole nitrogens is 1. The van der Waals surface area contributed by atoms with Crippen LogP contribution >= 0.6 is 11.6 Å². The second-order valence-electron chi connectivity index (χ2n) is 3.93. The highest BCUT2D eigenvalue weighted by Crippen LogP contribution is 2.28. The van der Waals surface area contributed by atoms with E-state index >= 15 is 0 Å². The number of benzene rings is 1. The lowest BCUT2D eigenvalue weighted by Gasteiger charge is -2.04. The fourth-order valence-electron chi connectivity index (χ4n) is 1.93. The predicted molar refractivity (Wildman–Crippen MR) is 65.8 cm³/mol. The summed E-state index contributed by atoms with van der Waals surface area (Å²) in [6, 6.07) is 3.37. The average molecular weight is 237 g/mol. The summed E-state index contributed by atoms with van der Waals surface area (Å²) in [5, 5.41) is 1.76. The number of rotatable bonds is 3. The fraction of sp³-hybridized carbons (Fsp3) is 0.250. The van der Waals surface area contributed by atoms with E-state index in [1.54, 1.807) is 0 Å². The number of aromatic nitrogens is 1. The molecule has 1 aromatic carbocycles. The Balaban J connectivity index is 2.55. The smallest absolute Gasteiger partial charge is 0.137 e. The number of hydrogen-bond donors (Lipinski definition) is 2. The van der Waals surface area contributed by atoms with Gasteiger partial charge < -0.3 is 15.5 Å². The van der Waals surface area contributed by atoms with E-state index in [4.69, 9.17) is 17.3 Å². The summed E-state index contributed by atoms with van der Waals surface area (Å²) >= 11 is 6.08. The molecule has 16 heavy (non-hydrogen) atoms. The molecule has 0 aliphatic carbocycles. The molecular formula is C12H13ClN2O. The van der Waals surface area contributed by atoms with E-state index in [1.165, 1.54) is 0 Å². The molecule has 2 rings (SSSR count). The van der Waals surface area contributed by atoms with Gasteiger partial charge in [0.1, 0.15) is 6.29 Å². The number of aryl methyl sites for hydroxylation is 1. The minimum absolute atomic E-state index is 0.461. The normalized spacial score (nSPS) is 12.9. The van der Waals surface area contributed by atoms with Crippen LogP contribution in [-0.2, 0) is 11.2 Å². The first-order chi connectivity index (χ1) is 7.63. The maximum Gasteiger partial charge on any atom is 0.137 e. The third kappa shape index (κ3) is 1.84. The first-order valence-electron chi connectivity index (χ1n) is 5.09. The second kappa shape index (κ2) is 4.28. The molecule has 0 fully saturated rings. The van der Waals surface area contributed by atoms with E-state index in [0.717, 1.165) is 28.3 Å². The molecular weight excluding hydrogens is 224 g/mol. The van der Waals surface area contributed by atoms with E-state index in [0.29, 0.717) is 11.4 Å². The average Bonchev–Trinajstić information content (AvgIpc) is 2.68. The highest BCUT2D eigenvalue weighted by atomic mass is 35.5. The zero-order valence-electron chi connectivity index (χ0n) is 8.96. The topological polar surface area (TPSA) is 58.9 Å². The molecule has 3 N–H and O–H groups in total. The van der Waals surface area contributed by atoms with Gasteiger partial charge in [0.15, 0.2) is 0 Å². The van der Waals surface area contributed by atoms with Gasteiger partial charge in [0.05, 0.1) is 16.6 Å². The van der Waals surface area contributed by atoms with E-state index in [2.05, 4.69) is 4.98 Å². The summed E-state index contributed by atoms with van der Waals surface area (Å²) in [5.74, 6) is 0. The van der Waals surface area contributed by atoms with Crippen LogP contribution in [0.25, 0.3) is 10.9 Å². The maximum atomic E-state index is 10.6. The molecule has 1 atom stereocenters. The number of halogens is 1. The van der Waals surface area contributed by atoms with Gasteiger partial charge in [-0.2, -0.15) is 0 Å². The first kappa shape index (κ1) is 11.2. The number of aromatic amines is 1. The summed E-state index contributed by atoms with van der Waals surface area (Å²) in [6.45, 7) is 2.02. The molecule has 0 saturated carbocycles. The SMILES string of the molecule is Cc1ccc(Cl)c2[nH]cc(C[C@H](N)C=O)c12. The van der Waals surface area contributed by atoms with E-state index in [1.807, 2.05) is 25.3 Å². The lowest BCUT2D eigenvalue weighted by molar-refractivity contribution is -0.108. The van der Waals surface area contributed by atoms with Gasteiger partial charge >= 0.3 is 0 Å². The van der Waals surface area contributed by atoms with Crippen LogP contribution in [-0.4, -0.2) is 17.3 Å². The third-order valence-corrected chi connectivity index (χ3v) is 3.02. The Kier molecular flexibility index (Phi) is 2.99. The van der Waals surface area contributed by atoms with Crippen LogP contribution in [0.4, 0.5) is 0 Å². The summed E-state index contributed by atoms with van der Waals surface area (Å²) in [7, 11) is 0. The molecule has 0 aliphatic rings. The Morgan fingerprint density at radius 1 is 1.56 bits per heavy atom. The summed E-state index contributed by atoms with van der Waals surface area (Å²) < 4.78 is 0. The van der Waals surface area contributed by atoms with Crippen LogP contribution in [0.15, 0.2) is 18.3 Å². The molecule has 3 nitrogen and oxygen atoms in total. The Labute approximate surface area is 98.6 Å². The molecule has 0 spiro atoms. The highest BCUT2D eigenvalue weighted by molar-refractivity contribution is 6.35. The van der Waals surface area contributed by atoms with Crippen molar-refractivity contribution >= 4 is 28.8 Å². The van der Waals surface area contributed by atoms with Crippen molar-refractivity contribution in [1.82, 2.24) is 4.98 Å². The predicted octanol–water partition coefficient (Wildman–Crippen LogP) is 2.20. The summed E-state index contributed by atoms with van der Waals surface area (Å²) in [4.78, 5) is 13.7. The van der Waals surface area contributed by atoms with Gasteiger partial charge in [-0.15, -0.1) is 0 Å². The molecule has 0 amide bonds. The highest BCUT2D eigenvalue weighted by Gasteiger charge is 2.11. The van der Waals surface area contributed by atoms with Crippen LogP contribution in [0.2, 0.25) is 5.02 Å². The zero-order chi connectivity index (χ0) is 11.7. The number of carbonyl (C=O) groups is 1. The molecule has 84 valence electrons. The first-order valence-corrected chi connectivity index (χ1v) is 5.47. The Morgan fingerprint density at radius 2 is 2.31 bits per heavy atom. The van der Waals surface area contributed by atoms with Gasteiger partial charge in [-0.05, 0) is 30.5 Å². The molecule has 0 radical (unpaired) electrons. The molecule has 1 heterocycles. The molecule has 0 bridgehead atoms. The number of nitrogens with one attached hydrogen (secondary N) is 1. The van der Waals surface area contributed by atoms with Crippen molar-refractivity contribution in [3.05, 3.63) is 34.5 Å². The van der Waals surface area contributed by atoms with Crippen molar-refractivity contribution < 1.29 is 4.79 Å². The lowest BCUT2D eigenvalue weighted by atomic mass is 10.0. The molecule has 0 aliphatic heterocycles. The lowest BCUT2D eigenvalue weighted by Crippen LogP contribution is -2.23. The molecule has 2 aromatic rings. The van der Waals surface area contributed by atoms with Crippen molar-refractivity contribution in [3.63, 3.8) is 0 Å². The minimum atomic E-state index is -0.461. The van der Waals surface area contributed by atoms with Gasteiger partial charge in [0.2, 0.25) is 0 Å². The van der Waals surface area contributed by atoms with Crippen molar-refractivity contribution in [2.75, 3.05) is 0 Å². The van der Waals surface area contributed by atoms with E-state index < -0.39 is 6.04 Å². The van der Waals surface area contributed by atoms with Gasteiger partial charge in [-0.25, -0.2) is 0 Å². The van der Waals surface area contributed by atoms with Crippen LogP contribution < -0.4 is 5.73 Å². The fourth-order valence-corrected chi connectivity index (χ4v) is 2.14. The number of aldehydes is 1. The van der Waals surface area contributed by atoms with E-state index in [9.17, 15) is 4.79 Å². The van der Waals surface area contributed by atoms with Gasteiger partial charge in [0.25, 0.3) is 0 Å². The monoisotopic (exact) mass is 236 g/mol. The van der Waals surface area contributed by atoms with Crippen molar-refractivity contribution in [3.8, 4) is 0 Å². The maximum absolute atomic E-state index is 10.6. The largest absolute Gasteiger partial charge is 0.360 e. The zero-order valence-corrected chi connectivity index (χ0v) is 9.71. The number of fused-ring (bicyclic) bond motifs is 1. The van der Waals surface area contributed by atoms with Crippen molar-refractivity contribution in [1.29, 1.82) is 0 Å². The van der Waals surface area contributed by atoms with Gasteiger partial charge in [0, 0.05) is 11.6 Å². The molecule has 1 aromatic heterocycles. The second-order valence-corrected chi connectivity index (χ2v) is 4.34. The molecule has 0 unspecified atom stereocenters. The Bertz CT molecular complexity index is 533. The van der Waals surface area contributed by atoms with Crippen LogP contribution in [0, 0.1) is 6.92 Å². The van der Waals surface area contributed by atoms with E-state index in [-0.39, 0.29) is 0 Å². The standard InChI is InChI=1S/C12H13ClN2O/c1-7-2-3-10(13)12-11(7)8(5-15-12)4-9(14)6-16/h2-3,5-6,9,15H,4,14H2,1H3/t9-/m0/s1. The number of hydrogen-bond acceptors (Lipinski definition) is 2. The minimum Gasteiger partial charge on any atom is -0.360 e. The van der Waals surface area contributed by atoms with Crippen LogP contribution in [0.1, 0.15) is 11.1 Å². The number of nitrogens with two attached hydrogens (primary N) is 1. The molecule has 4 heteroatoms. The van der Waals surface area contributed by atoms with Crippen LogP contribution in [0.3, 0.4) is 0 Å². The number of carbonyl (C=O) groups excluding carboxylic acids is 1. The quantitative estimate of drug-likeness (QED) is 0.803. The van der Waals surface area contributed by atoms with Crippen LogP contribution in [0.5, 0.6) is 0 Å². The Hall–Kier alpha value is -1.32. The van der Waals surface area contributed by atoms with Gasteiger partial charge in [-0.3, -0.25) is 0 Å². The summed E-state index contributed by atoms with van der Waals surface area (Å²) in [5.41, 5.74) is 8.71.